The van der Waals surface area contributed by atoms with Crippen molar-refractivity contribution in [3.05, 3.63) is 11.6 Å². The van der Waals surface area contributed by atoms with E-state index in [9.17, 15) is 4.79 Å². The topological polar surface area (TPSA) is 44.8 Å². The molecule has 1 atom stereocenters. The van der Waals surface area contributed by atoms with Gasteiger partial charge in [-0.25, -0.2) is 0 Å². The molecule has 0 aromatic rings. The highest BCUT2D eigenvalue weighted by molar-refractivity contribution is 5.81. The van der Waals surface area contributed by atoms with Crippen molar-refractivity contribution in [3.8, 4) is 0 Å². The Morgan fingerprint density at radius 1 is 1.29 bits per heavy atom. The van der Waals surface area contributed by atoms with Crippen LogP contribution in [0.1, 0.15) is 32.1 Å². The highest BCUT2D eigenvalue weighted by atomic mass is 16.7. The number of methoxy groups -OCH3 is 1. The first-order chi connectivity index (χ1) is 8.21. The highest BCUT2D eigenvalue weighted by Gasteiger charge is 2.52. The smallest absolute Gasteiger partial charge is 0.315 e. The lowest BCUT2D eigenvalue weighted by molar-refractivity contribution is -0.158. The molecule has 4 nitrogen and oxygen atoms in total. The second kappa shape index (κ2) is 3.82. The Labute approximate surface area is 101 Å². The molecule has 3 aliphatic rings. The second-order valence-corrected chi connectivity index (χ2v) is 5.11. The van der Waals surface area contributed by atoms with Crippen LogP contribution >= 0.6 is 0 Å². The van der Waals surface area contributed by atoms with Crippen LogP contribution < -0.4 is 0 Å². The summed E-state index contributed by atoms with van der Waals surface area (Å²) >= 11 is 0. The van der Waals surface area contributed by atoms with E-state index < -0.39 is 5.79 Å². The van der Waals surface area contributed by atoms with Crippen LogP contribution in [0.25, 0.3) is 0 Å². The summed E-state index contributed by atoms with van der Waals surface area (Å²) in [4.78, 5) is 12.0. The van der Waals surface area contributed by atoms with Gasteiger partial charge in [-0.15, -0.1) is 0 Å². The van der Waals surface area contributed by atoms with Crippen LogP contribution in [0.5, 0.6) is 0 Å². The first-order valence-corrected chi connectivity index (χ1v) is 6.29. The van der Waals surface area contributed by atoms with E-state index in [4.69, 9.17) is 14.2 Å². The monoisotopic (exact) mass is 238 g/mol. The number of hydrogen-bond donors (Lipinski definition) is 0. The van der Waals surface area contributed by atoms with E-state index in [0.29, 0.717) is 13.2 Å². The number of ether oxygens (including phenoxy) is 3. The van der Waals surface area contributed by atoms with E-state index >= 15 is 0 Å². The zero-order valence-electron chi connectivity index (χ0n) is 10.2. The molecule has 0 aromatic heterocycles. The summed E-state index contributed by atoms with van der Waals surface area (Å²) in [5, 5.41) is 0. The first-order valence-electron chi connectivity index (χ1n) is 6.29. The number of esters is 1. The standard InChI is InChI=1S/C13H18O4/c1-15-11(14)12-4-2-3-10(12)9-13(6-5-12)16-7-8-17-13/h9H,2-8H2,1H3. The minimum Gasteiger partial charge on any atom is -0.468 e. The fraction of sp³-hybridized carbons (Fsp3) is 0.769. The Kier molecular flexibility index (Phi) is 2.52. The molecule has 1 saturated carbocycles. The molecule has 0 N–H and O–H groups in total. The lowest BCUT2D eigenvalue weighted by Crippen LogP contribution is -2.41. The largest absolute Gasteiger partial charge is 0.468 e. The molecule has 0 amide bonds. The van der Waals surface area contributed by atoms with Crippen LogP contribution in [-0.4, -0.2) is 32.1 Å². The molecule has 2 aliphatic carbocycles. The Morgan fingerprint density at radius 3 is 2.76 bits per heavy atom. The Bertz CT molecular complexity index is 368. The SMILES string of the molecule is COC(=O)C12CCCC1=CC1(CC2)OCCO1. The molecular formula is C13H18O4. The van der Waals surface area contributed by atoms with Crippen LogP contribution in [0.4, 0.5) is 0 Å². The maximum Gasteiger partial charge on any atom is 0.315 e. The molecule has 2 fully saturated rings. The molecule has 17 heavy (non-hydrogen) atoms. The van der Waals surface area contributed by atoms with Gasteiger partial charge in [-0.05, 0) is 31.8 Å². The molecular weight excluding hydrogens is 220 g/mol. The zero-order valence-corrected chi connectivity index (χ0v) is 10.2. The van der Waals surface area contributed by atoms with Gasteiger partial charge >= 0.3 is 5.97 Å². The molecule has 4 heteroatoms. The number of fused-ring (bicyclic) bond motifs is 1. The predicted octanol–water partition coefficient (Wildman–Crippen LogP) is 1.79. The molecule has 0 radical (unpaired) electrons. The molecule has 3 rings (SSSR count). The summed E-state index contributed by atoms with van der Waals surface area (Å²) in [6.45, 7) is 1.30. The first kappa shape index (κ1) is 11.2. The summed E-state index contributed by atoms with van der Waals surface area (Å²) in [6.07, 6.45) is 6.51. The second-order valence-electron chi connectivity index (χ2n) is 5.11. The van der Waals surface area contributed by atoms with Gasteiger partial charge in [0.2, 0.25) is 0 Å². The van der Waals surface area contributed by atoms with Crippen molar-refractivity contribution in [2.45, 2.75) is 37.9 Å². The minimum atomic E-state index is -0.544. The maximum atomic E-state index is 12.0. The molecule has 1 aliphatic heterocycles. The summed E-state index contributed by atoms with van der Waals surface area (Å²) in [7, 11) is 1.47. The van der Waals surface area contributed by atoms with E-state index in [1.54, 1.807) is 0 Å². The summed E-state index contributed by atoms with van der Waals surface area (Å²) < 4.78 is 16.4. The van der Waals surface area contributed by atoms with Crippen LogP contribution in [0.3, 0.4) is 0 Å². The van der Waals surface area contributed by atoms with Crippen LogP contribution in [0, 0.1) is 5.41 Å². The van der Waals surface area contributed by atoms with Gasteiger partial charge < -0.3 is 14.2 Å². The predicted molar refractivity (Wildman–Crippen MR) is 60.3 cm³/mol. The quantitative estimate of drug-likeness (QED) is 0.516. The van der Waals surface area contributed by atoms with Crippen LogP contribution in [-0.2, 0) is 19.0 Å². The zero-order chi connectivity index (χ0) is 11.9. The maximum absolute atomic E-state index is 12.0. The van der Waals surface area contributed by atoms with Crippen LogP contribution in [0.15, 0.2) is 11.6 Å². The van der Waals surface area contributed by atoms with Crippen molar-refractivity contribution in [1.82, 2.24) is 0 Å². The van der Waals surface area contributed by atoms with Crippen LogP contribution in [0.2, 0.25) is 0 Å². The van der Waals surface area contributed by atoms with Crippen molar-refractivity contribution in [1.29, 1.82) is 0 Å². The Hall–Kier alpha value is -0.870. The van der Waals surface area contributed by atoms with E-state index in [2.05, 4.69) is 0 Å². The van der Waals surface area contributed by atoms with E-state index in [-0.39, 0.29) is 11.4 Å². The van der Waals surface area contributed by atoms with Crippen molar-refractivity contribution in [3.63, 3.8) is 0 Å². The number of hydrogen-bond acceptors (Lipinski definition) is 4. The third-order valence-corrected chi connectivity index (χ3v) is 4.31. The molecule has 1 heterocycles. The van der Waals surface area contributed by atoms with E-state index in [1.807, 2.05) is 6.08 Å². The molecule has 0 bridgehead atoms. The number of carbonyl (C=O) groups excluding carboxylic acids is 1. The third kappa shape index (κ3) is 1.54. The van der Waals surface area contributed by atoms with Gasteiger partial charge in [0.15, 0.2) is 5.79 Å². The molecule has 0 aromatic carbocycles. The fourth-order valence-electron chi connectivity index (χ4n) is 3.43. The lowest BCUT2D eigenvalue weighted by Gasteiger charge is -2.38. The fourth-order valence-corrected chi connectivity index (χ4v) is 3.43. The van der Waals surface area contributed by atoms with Gasteiger partial charge in [-0.3, -0.25) is 4.79 Å². The van der Waals surface area contributed by atoms with Crippen molar-refractivity contribution >= 4 is 5.97 Å². The third-order valence-electron chi connectivity index (χ3n) is 4.31. The molecule has 94 valence electrons. The van der Waals surface area contributed by atoms with Gasteiger partial charge in [-0.2, -0.15) is 0 Å². The Morgan fingerprint density at radius 2 is 2.06 bits per heavy atom. The van der Waals surface area contributed by atoms with Gasteiger partial charge in [0.25, 0.3) is 0 Å². The average Bonchev–Trinajstić information content (AvgIpc) is 2.96. The van der Waals surface area contributed by atoms with E-state index in [0.717, 1.165) is 37.7 Å². The lowest BCUT2D eigenvalue weighted by atomic mass is 9.72. The number of carbonyl (C=O) groups is 1. The Balaban J connectivity index is 1.95. The molecule has 1 unspecified atom stereocenters. The highest BCUT2D eigenvalue weighted by Crippen LogP contribution is 2.53. The minimum absolute atomic E-state index is 0.0888. The molecule has 1 saturated heterocycles. The summed E-state index contributed by atoms with van der Waals surface area (Å²) in [5.41, 5.74) is 0.785. The normalized spacial score (nSPS) is 34.5. The number of rotatable bonds is 1. The van der Waals surface area contributed by atoms with Crippen molar-refractivity contribution < 1.29 is 19.0 Å². The van der Waals surface area contributed by atoms with Crippen molar-refractivity contribution in [2.75, 3.05) is 20.3 Å². The van der Waals surface area contributed by atoms with Crippen molar-refractivity contribution in [2.24, 2.45) is 5.41 Å². The van der Waals surface area contributed by atoms with Gasteiger partial charge in [-0.1, -0.05) is 5.57 Å². The summed E-state index contributed by atoms with van der Waals surface area (Å²) in [5.74, 6) is -0.633. The average molecular weight is 238 g/mol. The van der Waals surface area contributed by atoms with Gasteiger partial charge in [0.05, 0.1) is 25.7 Å². The van der Waals surface area contributed by atoms with Gasteiger partial charge in [0.1, 0.15) is 0 Å². The van der Waals surface area contributed by atoms with Gasteiger partial charge in [0, 0.05) is 6.42 Å². The molecule has 1 spiro atoms. The summed E-state index contributed by atoms with van der Waals surface area (Å²) in [6, 6.07) is 0. The van der Waals surface area contributed by atoms with E-state index in [1.165, 1.54) is 7.11 Å².